The molecule has 0 saturated heterocycles. The van der Waals surface area contributed by atoms with E-state index in [0.29, 0.717) is 23.4 Å². The number of esters is 1. The largest absolute Gasteiger partial charge is 0.465 e. The van der Waals surface area contributed by atoms with Crippen LogP contribution in [0, 0.1) is 0 Å². The number of hydrogen-bond donors (Lipinski definition) is 0. The molecule has 116 valence electrons. The van der Waals surface area contributed by atoms with Crippen LogP contribution in [-0.2, 0) is 23.0 Å². The molecule has 2 rings (SSSR count). The topological polar surface area (TPSA) is 61.2 Å². The van der Waals surface area contributed by atoms with E-state index in [1.165, 1.54) is 16.3 Å². The second-order valence-electron chi connectivity index (χ2n) is 4.93. The summed E-state index contributed by atoms with van der Waals surface area (Å²) in [4.78, 5) is 29.6. The second-order valence-corrected chi connectivity index (χ2v) is 7.55. The molecule has 0 aliphatic carbocycles. The lowest BCUT2D eigenvalue weighted by Crippen LogP contribution is -2.25. The van der Waals surface area contributed by atoms with E-state index in [4.69, 9.17) is 4.74 Å². The molecule has 0 fully saturated rings. The van der Waals surface area contributed by atoms with E-state index in [9.17, 15) is 9.59 Å². The van der Waals surface area contributed by atoms with E-state index < -0.39 is 0 Å². The Morgan fingerprint density at radius 2 is 2.29 bits per heavy atom. The number of ether oxygens (including phenoxy) is 1. The van der Waals surface area contributed by atoms with Gasteiger partial charge < -0.3 is 4.74 Å². The van der Waals surface area contributed by atoms with Gasteiger partial charge in [0.15, 0.2) is 5.16 Å². The van der Waals surface area contributed by atoms with Crippen molar-refractivity contribution in [2.24, 2.45) is 7.05 Å². The Balaban J connectivity index is 2.29. The Morgan fingerprint density at radius 3 is 2.90 bits per heavy atom. The van der Waals surface area contributed by atoms with Crippen LogP contribution in [0.2, 0.25) is 0 Å². The third-order valence-corrected chi connectivity index (χ3v) is 5.85. The molecule has 2 heterocycles. The van der Waals surface area contributed by atoms with Gasteiger partial charge in [0, 0.05) is 18.7 Å². The normalized spacial score (nSPS) is 18.4. The number of nitrogens with zero attached hydrogens (tertiary/aromatic N) is 2. The molecule has 0 N–H and O–H groups in total. The van der Waals surface area contributed by atoms with Crippen LogP contribution in [0.4, 0.5) is 0 Å². The lowest BCUT2D eigenvalue weighted by molar-refractivity contribution is -0.142. The highest BCUT2D eigenvalue weighted by Gasteiger charge is 2.27. The Kier molecular flexibility index (Phi) is 5.37. The van der Waals surface area contributed by atoms with Crippen LogP contribution in [0.25, 0.3) is 0 Å². The monoisotopic (exact) mass is 328 g/mol. The second kappa shape index (κ2) is 6.87. The summed E-state index contributed by atoms with van der Waals surface area (Å²) in [6.07, 6.45) is 1.45. The van der Waals surface area contributed by atoms with E-state index in [-0.39, 0.29) is 16.8 Å². The summed E-state index contributed by atoms with van der Waals surface area (Å²) < 4.78 is 6.61. The first-order valence-corrected chi connectivity index (χ1v) is 8.83. The van der Waals surface area contributed by atoms with Crippen LogP contribution in [0.1, 0.15) is 32.9 Å². The van der Waals surface area contributed by atoms with Crippen molar-refractivity contribution < 1.29 is 9.53 Å². The van der Waals surface area contributed by atoms with Crippen molar-refractivity contribution >= 4 is 29.5 Å². The molecule has 21 heavy (non-hydrogen) atoms. The van der Waals surface area contributed by atoms with Crippen LogP contribution >= 0.6 is 23.5 Å². The number of fused-ring (bicyclic) bond motifs is 1. The average Bonchev–Trinajstić information content (AvgIpc) is 2.82. The van der Waals surface area contributed by atoms with Crippen LogP contribution in [-0.4, -0.2) is 32.6 Å². The standard InChI is InChI=1S/C14H20N2O3S2/c1-5-10(13(18)19-6-2)21-14-15-9-7-8(3)20-11(9)12(17)16(14)4/h8,10H,5-7H2,1-4H3/t8-,10+/m1/s1. The van der Waals surface area contributed by atoms with E-state index in [1.54, 1.807) is 25.7 Å². The molecule has 2 atom stereocenters. The Bertz CT molecular complexity index is 601. The summed E-state index contributed by atoms with van der Waals surface area (Å²) in [5.74, 6) is -0.248. The number of hydrogen-bond acceptors (Lipinski definition) is 6. The summed E-state index contributed by atoms with van der Waals surface area (Å²) in [5.41, 5.74) is 0.840. The Morgan fingerprint density at radius 1 is 1.57 bits per heavy atom. The van der Waals surface area contributed by atoms with Crippen LogP contribution < -0.4 is 5.56 Å². The van der Waals surface area contributed by atoms with Gasteiger partial charge in [-0.1, -0.05) is 25.6 Å². The molecule has 0 bridgehead atoms. The van der Waals surface area contributed by atoms with Crippen molar-refractivity contribution in [3.05, 3.63) is 16.0 Å². The fourth-order valence-electron chi connectivity index (χ4n) is 2.14. The van der Waals surface area contributed by atoms with Gasteiger partial charge in [-0.2, -0.15) is 0 Å². The van der Waals surface area contributed by atoms with Gasteiger partial charge in [-0.05, 0) is 13.3 Å². The number of rotatable bonds is 5. The number of aromatic nitrogens is 2. The van der Waals surface area contributed by atoms with Gasteiger partial charge in [-0.3, -0.25) is 14.2 Å². The predicted octanol–water partition coefficient (Wildman–Crippen LogP) is 2.25. The zero-order chi connectivity index (χ0) is 15.6. The molecular weight excluding hydrogens is 308 g/mol. The van der Waals surface area contributed by atoms with Gasteiger partial charge in [0.2, 0.25) is 0 Å². The molecule has 7 heteroatoms. The summed E-state index contributed by atoms with van der Waals surface area (Å²) >= 11 is 2.90. The fraction of sp³-hybridized carbons (Fsp3) is 0.643. The summed E-state index contributed by atoms with van der Waals surface area (Å²) in [6, 6.07) is 0. The van der Waals surface area contributed by atoms with Crippen molar-refractivity contribution in [1.29, 1.82) is 0 Å². The Hall–Kier alpha value is -0.950. The third-order valence-electron chi connectivity index (χ3n) is 3.25. The minimum Gasteiger partial charge on any atom is -0.465 e. The molecule has 1 aliphatic rings. The summed E-state index contributed by atoms with van der Waals surface area (Å²) in [6.45, 7) is 6.17. The van der Waals surface area contributed by atoms with Gasteiger partial charge in [-0.15, -0.1) is 11.8 Å². The quantitative estimate of drug-likeness (QED) is 0.469. The fourth-order valence-corrected chi connectivity index (χ4v) is 4.28. The molecule has 0 amide bonds. The smallest absolute Gasteiger partial charge is 0.319 e. The third kappa shape index (κ3) is 3.45. The maximum absolute atomic E-state index is 12.4. The van der Waals surface area contributed by atoms with Crippen molar-refractivity contribution in [3.8, 4) is 0 Å². The molecule has 1 aliphatic heterocycles. The van der Waals surface area contributed by atoms with E-state index in [0.717, 1.165) is 17.0 Å². The zero-order valence-electron chi connectivity index (χ0n) is 12.7. The van der Waals surface area contributed by atoms with Crippen molar-refractivity contribution in [2.75, 3.05) is 6.61 Å². The highest BCUT2D eigenvalue weighted by molar-refractivity contribution is 8.00. The van der Waals surface area contributed by atoms with Gasteiger partial charge in [0.25, 0.3) is 5.56 Å². The maximum atomic E-state index is 12.4. The van der Waals surface area contributed by atoms with Crippen LogP contribution in [0.15, 0.2) is 14.8 Å². The number of carbonyl (C=O) groups excluding carboxylic acids is 1. The van der Waals surface area contributed by atoms with Gasteiger partial charge in [0.05, 0.1) is 17.2 Å². The number of carbonyl (C=O) groups is 1. The summed E-state index contributed by atoms with van der Waals surface area (Å²) in [7, 11) is 1.71. The van der Waals surface area contributed by atoms with Gasteiger partial charge in [-0.25, -0.2) is 4.98 Å². The lowest BCUT2D eigenvalue weighted by Gasteiger charge is -2.15. The molecule has 5 nitrogen and oxygen atoms in total. The first-order valence-electron chi connectivity index (χ1n) is 7.07. The van der Waals surface area contributed by atoms with Crippen molar-refractivity contribution in [2.45, 2.75) is 54.2 Å². The SMILES string of the molecule is CCOC(=O)[C@H](CC)Sc1nc2c(c(=O)n1C)S[C@H](C)C2. The first-order chi connectivity index (χ1) is 9.97. The molecule has 1 aromatic heterocycles. The van der Waals surface area contributed by atoms with E-state index in [2.05, 4.69) is 11.9 Å². The lowest BCUT2D eigenvalue weighted by atomic mass is 10.2. The van der Waals surface area contributed by atoms with E-state index >= 15 is 0 Å². The number of thioether (sulfide) groups is 2. The minimum absolute atomic E-state index is 0.0180. The molecular formula is C14H20N2O3S2. The minimum atomic E-state index is -0.326. The molecule has 0 unspecified atom stereocenters. The average molecular weight is 328 g/mol. The van der Waals surface area contributed by atoms with Crippen LogP contribution in [0.3, 0.4) is 0 Å². The molecule has 0 saturated carbocycles. The van der Waals surface area contributed by atoms with Crippen LogP contribution in [0.5, 0.6) is 0 Å². The predicted molar refractivity (Wildman–Crippen MR) is 85.1 cm³/mol. The summed E-state index contributed by atoms with van der Waals surface area (Å²) in [5, 5.41) is 0.647. The van der Waals surface area contributed by atoms with E-state index in [1.807, 2.05) is 6.92 Å². The molecule has 0 spiro atoms. The highest BCUT2D eigenvalue weighted by Crippen LogP contribution is 2.34. The highest BCUT2D eigenvalue weighted by atomic mass is 32.2. The van der Waals surface area contributed by atoms with Crippen molar-refractivity contribution in [1.82, 2.24) is 9.55 Å². The van der Waals surface area contributed by atoms with Crippen molar-refractivity contribution in [3.63, 3.8) is 0 Å². The first kappa shape index (κ1) is 16.4. The molecule has 0 radical (unpaired) electrons. The molecule has 0 aromatic carbocycles. The Labute approximate surface area is 132 Å². The van der Waals surface area contributed by atoms with Gasteiger partial charge in [0.1, 0.15) is 5.25 Å². The maximum Gasteiger partial charge on any atom is 0.319 e. The zero-order valence-corrected chi connectivity index (χ0v) is 14.3. The molecule has 1 aromatic rings. The van der Waals surface area contributed by atoms with Gasteiger partial charge >= 0.3 is 5.97 Å².